The van der Waals surface area contributed by atoms with Gasteiger partial charge in [0.05, 0.1) is 55.8 Å². The molecular weight excluding hydrogens is 620 g/mol. The molecule has 2 fully saturated rings. The summed E-state index contributed by atoms with van der Waals surface area (Å²) < 4.78 is 105. The Morgan fingerprint density at radius 2 is 1.58 bits per heavy atom. The Balaban J connectivity index is 1.36. The van der Waals surface area contributed by atoms with Gasteiger partial charge in [0.25, 0.3) is 5.91 Å². The van der Waals surface area contributed by atoms with Gasteiger partial charge in [-0.3, -0.25) is 9.59 Å². The molecule has 0 bridgehead atoms. The summed E-state index contributed by atoms with van der Waals surface area (Å²) in [6, 6.07) is 0.142. The lowest BCUT2D eigenvalue weighted by atomic mass is 9.81. The van der Waals surface area contributed by atoms with Gasteiger partial charge in [0.15, 0.2) is 11.3 Å². The molecule has 0 aliphatic heterocycles. The molecule has 3 aromatic heterocycles. The largest absolute Gasteiger partial charge is 0.390 e. The second-order valence-corrected chi connectivity index (χ2v) is 11.6. The summed E-state index contributed by atoms with van der Waals surface area (Å²) in [5, 5.41) is 17.2. The van der Waals surface area contributed by atoms with Crippen LogP contribution in [0.5, 0.6) is 0 Å². The molecule has 2 amide bonds. The Morgan fingerprint density at radius 1 is 0.911 bits per heavy atom. The second kappa shape index (κ2) is 12.5. The summed E-state index contributed by atoms with van der Waals surface area (Å²) in [6.45, 7) is -0.594. The van der Waals surface area contributed by atoms with Crippen LogP contribution in [0.25, 0.3) is 5.65 Å². The van der Waals surface area contributed by atoms with Crippen molar-refractivity contribution < 1.29 is 44.7 Å². The van der Waals surface area contributed by atoms with Crippen LogP contribution in [0, 0.1) is 11.8 Å². The number of hydrogen-bond acceptors (Lipinski definition) is 6. The van der Waals surface area contributed by atoms with Crippen LogP contribution in [0.3, 0.4) is 0 Å². The normalized spacial score (nSPS) is 18.9. The molecule has 2 atom stereocenters. The van der Waals surface area contributed by atoms with Gasteiger partial charge in [-0.15, -0.1) is 5.10 Å². The van der Waals surface area contributed by atoms with Crippen molar-refractivity contribution in [1.82, 2.24) is 40.2 Å². The minimum absolute atomic E-state index is 0.0130. The number of halogens is 8. The van der Waals surface area contributed by atoms with Crippen molar-refractivity contribution in [2.24, 2.45) is 11.8 Å². The molecular formula is C27H30F8N8O2. The SMILES string of the molecule is O=C(CCC(F)(F)F)N[C@H](c1cnn2cc([C@@H](NC(=O)c3cnn(CCC(F)(F)F)n3)C3CCC(F)(F)CC3)nc2c1)C1CC1. The first-order valence-corrected chi connectivity index (χ1v) is 14.4. The Bertz CT molecular complexity index is 1500. The van der Waals surface area contributed by atoms with Crippen LogP contribution < -0.4 is 10.6 Å². The van der Waals surface area contributed by atoms with Crippen LogP contribution >= 0.6 is 0 Å². The van der Waals surface area contributed by atoms with Crippen molar-refractivity contribution in [1.29, 1.82) is 0 Å². The average molecular weight is 651 g/mol. The van der Waals surface area contributed by atoms with Gasteiger partial charge in [-0.05, 0) is 49.1 Å². The molecule has 10 nitrogen and oxygen atoms in total. The molecule has 2 aliphatic rings. The number of carbonyl (C=O) groups excluding carboxylic acids is 2. The Labute approximate surface area is 250 Å². The highest BCUT2D eigenvalue weighted by Crippen LogP contribution is 2.43. The quantitative estimate of drug-likeness (QED) is 0.266. The van der Waals surface area contributed by atoms with Crippen molar-refractivity contribution in [2.75, 3.05) is 0 Å². The van der Waals surface area contributed by atoms with E-state index < -0.39 is 86.7 Å². The highest BCUT2D eigenvalue weighted by atomic mass is 19.4. The minimum atomic E-state index is -4.47. The maximum Gasteiger partial charge on any atom is 0.390 e. The van der Waals surface area contributed by atoms with Crippen LogP contribution in [0.2, 0.25) is 0 Å². The van der Waals surface area contributed by atoms with E-state index in [1.54, 1.807) is 6.07 Å². The number of carbonyl (C=O) groups is 2. The number of aryl methyl sites for hydroxylation is 1. The van der Waals surface area contributed by atoms with Crippen molar-refractivity contribution in [3.05, 3.63) is 41.6 Å². The number of amides is 2. The molecule has 5 rings (SSSR count). The van der Waals surface area contributed by atoms with Crippen molar-refractivity contribution in [2.45, 2.75) is 94.7 Å². The zero-order valence-electron chi connectivity index (χ0n) is 23.7. The second-order valence-electron chi connectivity index (χ2n) is 11.6. The van der Waals surface area contributed by atoms with E-state index in [9.17, 15) is 44.7 Å². The van der Waals surface area contributed by atoms with E-state index in [0.29, 0.717) is 5.56 Å². The molecule has 246 valence electrons. The van der Waals surface area contributed by atoms with E-state index in [-0.39, 0.29) is 35.8 Å². The first kappa shape index (κ1) is 32.5. The molecule has 2 aliphatic carbocycles. The highest BCUT2D eigenvalue weighted by Gasteiger charge is 2.40. The third-order valence-electron chi connectivity index (χ3n) is 7.97. The fraction of sp³-hybridized carbons (Fsp3) is 0.630. The number of imidazole rings is 1. The van der Waals surface area contributed by atoms with Gasteiger partial charge in [0, 0.05) is 19.3 Å². The van der Waals surface area contributed by atoms with E-state index in [1.165, 1.54) is 16.9 Å². The standard InChI is InChI=1S/C27H30F8N8O2/c28-25(29)6-3-16(4-7-25)23(40-24(45)18-13-37-43(41-18)10-9-27(33,34)35)19-14-42-20(38-19)11-17(12-36-42)22(15-1-2-15)39-21(44)5-8-26(30,31)32/h11-16,22-23H,1-10H2,(H,39,44)(H,40,45)/t22-,23-/m0/s1. The molecule has 45 heavy (non-hydrogen) atoms. The Hall–Kier alpha value is -3.86. The average Bonchev–Trinajstić information content (AvgIpc) is 3.52. The van der Waals surface area contributed by atoms with Gasteiger partial charge in [-0.2, -0.15) is 41.3 Å². The van der Waals surface area contributed by atoms with Crippen LogP contribution in [0.15, 0.2) is 24.7 Å². The summed E-state index contributed by atoms with van der Waals surface area (Å²) in [7, 11) is 0. The number of alkyl halides is 8. The summed E-state index contributed by atoms with van der Waals surface area (Å²) in [6.07, 6.45) is -7.30. The molecule has 0 radical (unpaired) electrons. The van der Waals surface area contributed by atoms with Gasteiger partial charge < -0.3 is 10.6 Å². The molecule has 0 spiro atoms. The van der Waals surface area contributed by atoms with Gasteiger partial charge in [-0.1, -0.05) is 0 Å². The predicted octanol–water partition coefficient (Wildman–Crippen LogP) is 5.48. The zero-order chi connectivity index (χ0) is 32.6. The van der Waals surface area contributed by atoms with Gasteiger partial charge >= 0.3 is 12.4 Å². The lowest BCUT2D eigenvalue weighted by molar-refractivity contribution is -0.144. The molecule has 2 saturated carbocycles. The van der Waals surface area contributed by atoms with Gasteiger partial charge in [0.1, 0.15) is 0 Å². The number of fused-ring (bicyclic) bond motifs is 1. The Kier molecular flexibility index (Phi) is 9.04. The third kappa shape index (κ3) is 8.87. The van der Waals surface area contributed by atoms with Crippen molar-refractivity contribution >= 4 is 17.5 Å². The molecule has 3 aromatic rings. The maximum absolute atomic E-state index is 14.0. The molecule has 2 N–H and O–H groups in total. The number of hydrogen-bond donors (Lipinski definition) is 2. The molecule has 0 aromatic carbocycles. The van der Waals surface area contributed by atoms with Gasteiger partial charge in [-0.25, -0.2) is 18.3 Å². The molecule has 0 unspecified atom stereocenters. The monoisotopic (exact) mass is 650 g/mol. The summed E-state index contributed by atoms with van der Waals surface area (Å²) in [4.78, 5) is 30.7. The van der Waals surface area contributed by atoms with Crippen LogP contribution in [-0.2, 0) is 11.3 Å². The zero-order valence-corrected chi connectivity index (χ0v) is 23.7. The lowest BCUT2D eigenvalue weighted by Gasteiger charge is -2.33. The number of aromatic nitrogens is 6. The van der Waals surface area contributed by atoms with Crippen molar-refractivity contribution in [3.8, 4) is 0 Å². The third-order valence-corrected chi connectivity index (χ3v) is 7.97. The van der Waals surface area contributed by atoms with E-state index in [0.717, 1.165) is 23.8 Å². The van der Waals surface area contributed by atoms with Crippen LogP contribution in [-0.4, -0.2) is 59.7 Å². The summed E-state index contributed by atoms with van der Waals surface area (Å²) in [5.74, 6) is -4.84. The minimum Gasteiger partial charge on any atom is -0.349 e. The topological polar surface area (TPSA) is 119 Å². The summed E-state index contributed by atoms with van der Waals surface area (Å²) >= 11 is 0. The highest BCUT2D eigenvalue weighted by molar-refractivity contribution is 5.92. The van der Waals surface area contributed by atoms with E-state index >= 15 is 0 Å². The first-order valence-electron chi connectivity index (χ1n) is 14.4. The predicted molar refractivity (Wildman–Crippen MR) is 140 cm³/mol. The number of nitrogens with one attached hydrogen (secondary N) is 2. The Morgan fingerprint density at radius 3 is 2.22 bits per heavy atom. The lowest BCUT2D eigenvalue weighted by Crippen LogP contribution is -2.37. The van der Waals surface area contributed by atoms with Crippen LogP contribution in [0.1, 0.15) is 91.6 Å². The van der Waals surface area contributed by atoms with Crippen molar-refractivity contribution in [3.63, 3.8) is 0 Å². The summed E-state index contributed by atoms with van der Waals surface area (Å²) in [5.41, 5.74) is 0.831. The molecule has 3 heterocycles. The van der Waals surface area contributed by atoms with E-state index in [4.69, 9.17) is 0 Å². The smallest absolute Gasteiger partial charge is 0.349 e. The fourth-order valence-electron chi connectivity index (χ4n) is 5.41. The molecule has 0 saturated heterocycles. The van der Waals surface area contributed by atoms with E-state index in [1.807, 2.05) is 0 Å². The van der Waals surface area contributed by atoms with Gasteiger partial charge in [0.2, 0.25) is 11.8 Å². The van der Waals surface area contributed by atoms with E-state index in [2.05, 4.69) is 30.9 Å². The maximum atomic E-state index is 14.0. The van der Waals surface area contributed by atoms with Crippen LogP contribution in [0.4, 0.5) is 35.1 Å². The first-order chi connectivity index (χ1) is 21.1. The number of nitrogens with zero attached hydrogens (tertiary/aromatic N) is 6. The molecule has 18 heteroatoms. The number of rotatable bonds is 11. The fourth-order valence-corrected chi connectivity index (χ4v) is 5.41.